The highest BCUT2D eigenvalue weighted by Crippen LogP contribution is 2.22. The number of benzene rings is 1. The molecular formula is C15H17F2N3O4S. The summed E-state index contributed by atoms with van der Waals surface area (Å²) in [5.74, 6) is -2.54. The molecule has 2 fully saturated rings. The van der Waals surface area contributed by atoms with Crippen molar-refractivity contribution in [3.63, 3.8) is 0 Å². The lowest BCUT2D eigenvalue weighted by Crippen LogP contribution is -2.44. The molecule has 2 heterocycles. The molecule has 10 heteroatoms. The van der Waals surface area contributed by atoms with Crippen LogP contribution in [-0.2, 0) is 14.6 Å². The van der Waals surface area contributed by atoms with Gasteiger partial charge in [0, 0.05) is 30.9 Å². The lowest BCUT2D eigenvalue weighted by molar-refractivity contribution is -0.122. The predicted octanol–water partition coefficient (Wildman–Crippen LogP) is 0.510. The molecule has 0 radical (unpaired) electrons. The van der Waals surface area contributed by atoms with Crippen LogP contribution in [0.5, 0.6) is 0 Å². The van der Waals surface area contributed by atoms with Crippen LogP contribution in [0.1, 0.15) is 6.42 Å². The topological polar surface area (TPSA) is 86.8 Å². The molecule has 0 saturated carbocycles. The maximum Gasteiger partial charge on any atom is 0.325 e. The second-order valence-electron chi connectivity index (χ2n) is 6.12. The molecule has 1 aromatic rings. The van der Waals surface area contributed by atoms with Crippen molar-refractivity contribution in [2.24, 2.45) is 0 Å². The van der Waals surface area contributed by atoms with Crippen molar-refractivity contribution in [3.05, 3.63) is 29.8 Å². The summed E-state index contributed by atoms with van der Waals surface area (Å²) in [6.07, 6.45) is 0.364. The smallest absolute Gasteiger partial charge is 0.325 e. The summed E-state index contributed by atoms with van der Waals surface area (Å²) in [5, 5.41) is 2.61. The molecule has 7 nitrogen and oxygen atoms in total. The number of carbonyl (C=O) groups excluding carboxylic acids is 2. The van der Waals surface area contributed by atoms with E-state index in [2.05, 4.69) is 5.32 Å². The van der Waals surface area contributed by atoms with Gasteiger partial charge in [-0.25, -0.2) is 22.0 Å². The Bertz CT molecular complexity index is 815. The molecule has 2 saturated heterocycles. The Hall–Kier alpha value is -2.23. The van der Waals surface area contributed by atoms with Crippen molar-refractivity contribution in [2.75, 3.05) is 36.0 Å². The van der Waals surface area contributed by atoms with Crippen molar-refractivity contribution in [1.29, 1.82) is 0 Å². The zero-order valence-electron chi connectivity index (χ0n) is 13.2. The van der Waals surface area contributed by atoms with Gasteiger partial charge in [-0.3, -0.25) is 9.69 Å². The Morgan fingerprint density at radius 1 is 1.24 bits per heavy atom. The Morgan fingerprint density at radius 2 is 2.00 bits per heavy atom. The van der Waals surface area contributed by atoms with Crippen LogP contribution >= 0.6 is 0 Å². The molecule has 1 N–H and O–H groups in total. The Kier molecular flexibility index (Phi) is 4.63. The summed E-state index contributed by atoms with van der Waals surface area (Å²) in [4.78, 5) is 26.9. The average molecular weight is 373 g/mol. The second kappa shape index (κ2) is 6.58. The van der Waals surface area contributed by atoms with Crippen molar-refractivity contribution >= 4 is 27.5 Å². The summed E-state index contributed by atoms with van der Waals surface area (Å²) >= 11 is 0. The quantitative estimate of drug-likeness (QED) is 0.833. The van der Waals surface area contributed by atoms with Crippen LogP contribution in [0.3, 0.4) is 0 Å². The predicted molar refractivity (Wildman–Crippen MR) is 85.9 cm³/mol. The largest absolute Gasteiger partial charge is 0.351 e. The zero-order chi connectivity index (χ0) is 18.2. The molecule has 0 unspecified atom stereocenters. The number of urea groups is 1. The van der Waals surface area contributed by atoms with Crippen LogP contribution in [-0.4, -0.2) is 62.4 Å². The Morgan fingerprint density at radius 3 is 2.64 bits per heavy atom. The number of hydrogen-bond donors (Lipinski definition) is 1. The minimum absolute atomic E-state index is 0.0461. The van der Waals surface area contributed by atoms with Crippen molar-refractivity contribution < 1.29 is 26.8 Å². The number of amides is 3. The standard InChI is InChI=1S/C15H17F2N3O4S/c16-12-2-1-11(7-13(12)17)20-5-4-19(15(20)22)8-14(21)18-10-3-6-25(23,24)9-10/h1-2,7,10H,3-6,8-9H2,(H,18,21)/t10-/m1/s1. The molecule has 25 heavy (non-hydrogen) atoms. The molecule has 1 aromatic carbocycles. The molecule has 136 valence electrons. The highest BCUT2D eigenvalue weighted by Gasteiger charge is 2.33. The summed E-state index contributed by atoms with van der Waals surface area (Å²) in [6.45, 7) is 0.290. The number of halogens is 2. The van der Waals surface area contributed by atoms with Gasteiger partial charge in [0.1, 0.15) is 6.54 Å². The molecule has 2 aliphatic rings. The molecule has 3 amide bonds. The fraction of sp³-hybridized carbons (Fsp3) is 0.467. The number of sulfone groups is 1. The number of hydrogen-bond acceptors (Lipinski definition) is 4. The molecule has 0 aromatic heterocycles. The van der Waals surface area contributed by atoms with E-state index in [1.54, 1.807) is 0 Å². The minimum Gasteiger partial charge on any atom is -0.351 e. The first-order valence-electron chi connectivity index (χ1n) is 7.76. The van der Waals surface area contributed by atoms with E-state index in [1.165, 1.54) is 15.9 Å². The van der Waals surface area contributed by atoms with E-state index in [1.807, 2.05) is 0 Å². The fourth-order valence-corrected chi connectivity index (χ4v) is 4.65. The van der Waals surface area contributed by atoms with E-state index in [9.17, 15) is 26.8 Å². The van der Waals surface area contributed by atoms with Crippen LogP contribution < -0.4 is 10.2 Å². The van der Waals surface area contributed by atoms with E-state index in [4.69, 9.17) is 0 Å². The zero-order valence-corrected chi connectivity index (χ0v) is 14.1. The fourth-order valence-electron chi connectivity index (χ4n) is 2.98. The molecule has 0 bridgehead atoms. The number of nitrogens with zero attached hydrogens (tertiary/aromatic N) is 2. The van der Waals surface area contributed by atoms with E-state index in [0.717, 1.165) is 12.1 Å². The monoisotopic (exact) mass is 373 g/mol. The molecule has 3 rings (SSSR count). The summed E-state index contributed by atoms with van der Waals surface area (Å²) in [6, 6.07) is 2.25. The van der Waals surface area contributed by atoms with Gasteiger partial charge in [-0.05, 0) is 18.6 Å². The number of rotatable bonds is 4. The van der Waals surface area contributed by atoms with Gasteiger partial charge in [0.15, 0.2) is 21.5 Å². The van der Waals surface area contributed by atoms with E-state index in [-0.39, 0.29) is 36.8 Å². The SMILES string of the molecule is O=C(CN1CCN(c2ccc(F)c(F)c2)C1=O)N[C@@H]1CCS(=O)(=O)C1. The lowest BCUT2D eigenvalue weighted by Gasteiger charge is -2.19. The Labute approximate surface area is 143 Å². The van der Waals surface area contributed by atoms with Crippen LogP contribution in [0.25, 0.3) is 0 Å². The lowest BCUT2D eigenvalue weighted by atomic mass is 10.2. The van der Waals surface area contributed by atoms with Crippen molar-refractivity contribution in [2.45, 2.75) is 12.5 Å². The van der Waals surface area contributed by atoms with E-state index >= 15 is 0 Å². The first kappa shape index (κ1) is 17.6. The molecule has 0 spiro atoms. The van der Waals surface area contributed by atoms with Gasteiger partial charge in [-0.2, -0.15) is 0 Å². The third-order valence-corrected chi connectivity index (χ3v) is 6.01. The highest BCUT2D eigenvalue weighted by atomic mass is 32.2. The van der Waals surface area contributed by atoms with Crippen LogP contribution in [0, 0.1) is 11.6 Å². The minimum atomic E-state index is -3.10. The average Bonchev–Trinajstić information content (AvgIpc) is 3.05. The van der Waals surface area contributed by atoms with Crippen molar-refractivity contribution in [1.82, 2.24) is 10.2 Å². The third kappa shape index (κ3) is 3.89. The maximum absolute atomic E-state index is 13.3. The molecular weight excluding hydrogens is 356 g/mol. The third-order valence-electron chi connectivity index (χ3n) is 4.24. The maximum atomic E-state index is 13.3. The number of nitrogens with one attached hydrogen (secondary N) is 1. The Balaban J connectivity index is 1.58. The van der Waals surface area contributed by atoms with Crippen molar-refractivity contribution in [3.8, 4) is 0 Å². The number of carbonyl (C=O) groups is 2. The van der Waals surface area contributed by atoms with E-state index in [0.29, 0.717) is 6.42 Å². The van der Waals surface area contributed by atoms with Crippen LogP contribution in [0.2, 0.25) is 0 Å². The van der Waals surface area contributed by atoms with Gasteiger partial charge in [-0.1, -0.05) is 0 Å². The molecule has 0 aliphatic carbocycles. The van der Waals surface area contributed by atoms with Gasteiger partial charge < -0.3 is 10.2 Å². The highest BCUT2D eigenvalue weighted by molar-refractivity contribution is 7.91. The van der Waals surface area contributed by atoms with Gasteiger partial charge in [0.25, 0.3) is 0 Å². The van der Waals surface area contributed by atoms with E-state index < -0.39 is 39.5 Å². The second-order valence-corrected chi connectivity index (χ2v) is 8.35. The first-order valence-corrected chi connectivity index (χ1v) is 9.58. The first-order chi connectivity index (χ1) is 11.7. The van der Waals surface area contributed by atoms with Crippen LogP contribution in [0.4, 0.5) is 19.3 Å². The van der Waals surface area contributed by atoms with Gasteiger partial charge in [-0.15, -0.1) is 0 Å². The van der Waals surface area contributed by atoms with Gasteiger partial charge >= 0.3 is 6.03 Å². The molecule has 1 atom stereocenters. The van der Waals surface area contributed by atoms with Gasteiger partial charge in [0.2, 0.25) is 5.91 Å². The summed E-state index contributed by atoms with van der Waals surface area (Å²) in [7, 11) is -3.10. The normalized spacial score (nSPS) is 22.5. The molecule has 2 aliphatic heterocycles. The summed E-state index contributed by atoms with van der Waals surface area (Å²) < 4.78 is 49.1. The number of anilines is 1. The van der Waals surface area contributed by atoms with Crippen LogP contribution in [0.15, 0.2) is 18.2 Å². The van der Waals surface area contributed by atoms with Gasteiger partial charge in [0.05, 0.1) is 11.5 Å². The summed E-state index contributed by atoms with van der Waals surface area (Å²) in [5.41, 5.74) is 0.216.